The molecule has 6 atom stereocenters. The molecule has 8 rings (SSSR count). The predicted octanol–water partition coefficient (Wildman–Crippen LogP) is 9.99. The van der Waals surface area contributed by atoms with Gasteiger partial charge in [0.25, 0.3) is 0 Å². The molecule has 2 N–H and O–H groups in total. The number of benzene rings is 2. The van der Waals surface area contributed by atoms with E-state index in [1.54, 1.807) is 0 Å². The van der Waals surface area contributed by atoms with Crippen LogP contribution in [0.4, 0.5) is 5.69 Å². The number of pyridine rings is 1. The van der Waals surface area contributed by atoms with Gasteiger partial charge >= 0.3 is 0 Å². The van der Waals surface area contributed by atoms with Crippen LogP contribution in [0.3, 0.4) is 0 Å². The molecule has 4 aliphatic rings. The first-order chi connectivity index (χ1) is 20.3. The number of thiophene rings is 1. The van der Waals surface area contributed by atoms with Gasteiger partial charge in [-0.3, -0.25) is 4.79 Å². The molecule has 4 aliphatic carbocycles. The third-order valence-electron chi connectivity index (χ3n) is 12.3. The highest BCUT2D eigenvalue weighted by molar-refractivity contribution is 9.10. The van der Waals surface area contributed by atoms with Crippen molar-refractivity contribution in [1.29, 1.82) is 0 Å². The number of nitrogens with zero attached hydrogens (tertiary/aromatic N) is 1. The zero-order valence-corrected chi connectivity index (χ0v) is 27.0. The smallest absolute Gasteiger partial charge is 0.205 e. The first kappa shape index (κ1) is 27.1. The van der Waals surface area contributed by atoms with Gasteiger partial charge in [-0.25, -0.2) is 4.98 Å². The second kappa shape index (κ2) is 9.75. The van der Waals surface area contributed by atoms with E-state index >= 15 is 0 Å². The maximum atomic E-state index is 13.7. The molecule has 0 spiro atoms. The number of halogens is 1. The van der Waals surface area contributed by atoms with Crippen molar-refractivity contribution in [3.8, 4) is 11.1 Å². The molecule has 3 saturated carbocycles. The number of ketones is 1. The van der Waals surface area contributed by atoms with Crippen molar-refractivity contribution in [2.24, 2.45) is 29.1 Å². The number of nitrogen functional groups attached to an aromatic ring is 1. The van der Waals surface area contributed by atoms with E-state index in [0.717, 1.165) is 38.9 Å². The lowest BCUT2D eigenvalue weighted by Gasteiger charge is -2.59. The Bertz CT molecular complexity index is 1710. The van der Waals surface area contributed by atoms with Crippen LogP contribution in [0.5, 0.6) is 0 Å². The van der Waals surface area contributed by atoms with Crippen LogP contribution in [-0.2, 0) is 11.8 Å². The third-order valence-corrected chi connectivity index (χ3v) is 13.9. The van der Waals surface area contributed by atoms with Gasteiger partial charge in [-0.15, -0.1) is 11.3 Å². The number of aromatic nitrogens is 1. The third kappa shape index (κ3) is 3.81. The van der Waals surface area contributed by atoms with Gasteiger partial charge in [-0.1, -0.05) is 73.0 Å². The van der Waals surface area contributed by atoms with Gasteiger partial charge in [-0.05, 0) is 115 Å². The van der Waals surface area contributed by atoms with Crippen LogP contribution < -0.4 is 5.73 Å². The number of rotatable bonds is 3. The Morgan fingerprint density at radius 2 is 1.74 bits per heavy atom. The minimum atomic E-state index is -0.0238. The largest absolute Gasteiger partial charge is 0.397 e. The molecule has 3 fully saturated rings. The Kier molecular flexibility index (Phi) is 6.29. The molecule has 0 aliphatic heterocycles. The highest BCUT2D eigenvalue weighted by Crippen LogP contribution is 2.66. The first-order valence-corrected chi connectivity index (χ1v) is 17.5. The van der Waals surface area contributed by atoms with Gasteiger partial charge in [0.05, 0.1) is 11.4 Å². The summed E-state index contributed by atoms with van der Waals surface area (Å²) in [6.45, 7) is 5.18. The lowest BCUT2D eigenvalue weighted by Crippen LogP contribution is -2.53. The summed E-state index contributed by atoms with van der Waals surface area (Å²) in [6, 6.07) is 18.3. The summed E-state index contributed by atoms with van der Waals surface area (Å²) in [7, 11) is 0. The molecule has 0 radical (unpaired) electrons. The summed E-state index contributed by atoms with van der Waals surface area (Å²) in [6.07, 6.45) is 12.1. The molecular weight excluding hydrogens is 600 g/mol. The number of hydrogen-bond donors (Lipinski definition) is 1. The number of hydrogen-bond acceptors (Lipinski definition) is 4. The van der Waals surface area contributed by atoms with Crippen molar-refractivity contribution in [1.82, 2.24) is 4.98 Å². The van der Waals surface area contributed by atoms with Gasteiger partial charge in [0.1, 0.15) is 9.71 Å². The van der Waals surface area contributed by atoms with E-state index < -0.39 is 0 Å². The Balaban J connectivity index is 1.28. The van der Waals surface area contributed by atoms with E-state index in [9.17, 15) is 4.79 Å². The van der Waals surface area contributed by atoms with Crippen molar-refractivity contribution < 1.29 is 4.79 Å². The summed E-state index contributed by atoms with van der Waals surface area (Å²) >= 11 is 4.97. The van der Waals surface area contributed by atoms with Crippen LogP contribution >= 0.6 is 27.3 Å². The number of nitrogens with two attached hydrogens (primary N) is 1. The molecule has 5 heteroatoms. The average Bonchev–Trinajstić information content (AvgIpc) is 3.49. The van der Waals surface area contributed by atoms with Crippen LogP contribution in [0.15, 0.2) is 59.1 Å². The molecule has 2 aromatic carbocycles. The van der Waals surface area contributed by atoms with E-state index in [1.165, 1.54) is 85.1 Å². The maximum absolute atomic E-state index is 13.7. The Hall–Kier alpha value is -2.50. The summed E-state index contributed by atoms with van der Waals surface area (Å²) in [5.41, 5.74) is 13.9. The van der Waals surface area contributed by atoms with E-state index in [0.29, 0.717) is 27.5 Å². The van der Waals surface area contributed by atoms with Crippen LogP contribution in [0.1, 0.15) is 91.7 Å². The van der Waals surface area contributed by atoms with Crippen molar-refractivity contribution in [3.63, 3.8) is 0 Å². The zero-order chi connectivity index (χ0) is 28.8. The first-order valence-electron chi connectivity index (χ1n) is 15.9. The van der Waals surface area contributed by atoms with Crippen molar-refractivity contribution >= 4 is 49.0 Å². The molecule has 0 amide bonds. The highest BCUT2D eigenvalue weighted by atomic mass is 79.9. The van der Waals surface area contributed by atoms with Crippen molar-refractivity contribution in [2.45, 2.75) is 77.0 Å². The van der Waals surface area contributed by atoms with Crippen LogP contribution in [0, 0.1) is 29.1 Å². The van der Waals surface area contributed by atoms with Crippen molar-refractivity contribution in [2.75, 3.05) is 5.73 Å². The molecule has 216 valence electrons. The number of carbonyl (C=O) groups excluding carboxylic acids is 1. The lowest BCUT2D eigenvalue weighted by molar-refractivity contribution is -0.0907. The van der Waals surface area contributed by atoms with Gasteiger partial charge in [0.2, 0.25) is 5.78 Å². The Morgan fingerprint density at radius 1 is 0.952 bits per heavy atom. The summed E-state index contributed by atoms with van der Waals surface area (Å²) in [5.74, 6) is 3.13. The quantitative estimate of drug-likeness (QED) is 0.227. The van der Waals surface area contributed by atoms with Gasteiger partial charge in [0, 0.05) is 20.8 Å². The van der Waals surface area contributed by atoms with E-state index in [1.807, 2.05) is 24.3 Å². The molecule has 0 saturated heterocycles. The van der Waals surface area contributed by atoms with E-state index in [-0.39, 0.29) is 11.2 Å². The fourth-order valence-electron chi connectivity index (χ4n) is 10.2. The minimum Gasteiger partial charge on any atom is -0.397 e. The van der Waals surface area contributed by atoms with Gasteiger partial charge in [0.15, 0.2) is 0 Å². The second-order valence-corrected chi connectivity index (χ2v) is 16.0. The average molecular weight is 640 g/mol. The standard InChI is InChI=1S/C37H39BrN2OS/c1-36-18-7-6-10-23(36)13-16-25-27(36)17-19-37(2)28(25)20-26-29(21-8-4-3-5-9-21)30-31(39)33(42-35(30)40-34(26)37)32(41)22-11-14-24(38)15-12-22/h3-5,8-9,11-12,14-15,23,25,27-28H,6-7,10,13,16-20,39H2,1-2H3/t23-,25-,27+,28+,36+,37-/m0/s1. The second-order valence-electron chi connectivity index (χ2n) is 14.1. The fourth-order valence-corrected chi connectivity index (χ4v) is 11.5. The molecule has 0 unspecified atom stereocenters. The fraction of sp³-hybridized carbons (Fsp3) is 0.459. The number of anilines is 1. The van der Waals surface area contributed by atoms with Gasteiger partial charge in [-0.2, -0.15) is 0 Å². The van der Waals surface area contributed by atoms with E-state index in [4.69, 9.17) is 10.7 Å². The summed E-state index contributed by atoms with van der Waals surface area (Å²) in [5, 5.41) is 0.979. The highest BCUT2D eigenvalue weighted by Gasteiger charge is 2.59. The monoisotopic (exact) mass is 638 g/mol. The Labute approximate surface area is 261 Å². The Morgan fingerprint density at radius 3 is 2.52 bits per heavy atom. The lowest BCUT2D eigenvalue weighted by atomic mass is 9.45. The SMILES string of the molecule is C[C@@]12CCCC[C@H]1CC[C@H]1[C@H]2CC[C@]2(C)c3nc4sc(C(=O)c5ccc(Br)cc5)c(N)c4c(-c4ccccc4)c3C[C@H]12. The number of carbonyl (C=O) groups is 1. The molecule has 3 nitrogen and oxygen atoms in total. The minimum absolute atomic E-state index is 0.0238. The topological polar surface area (TPSA) is 56.0 Å². The van der Waals surface area contributed by atoms with Gasteiger partial charge < -0.3 is 5.73 Å². The number of fused-ring (bicyclic) bond motifs is 8. The molecular formula is C37H39BrN2OS. The van der Waals surface area contributed by atoms with E-state index in [2.05, 4.69) is 60.1 Å². The van der Waals surface area contributed by atoms with Crippen molar-refractivity contribution in [3.05, 3.63) is 80.8 Å². The predicted molar refractivity (Wildman–Crippen MR) is 177 cm³/mol. The molecule has 2 aromatic heterocycles. The normalized spacial score (nSPS) is 31.7. The van der Waals surface area contributed by atoms with Crippen LogP contribution in [0.25, 0.3) is 21.3 Å². The van der Waals surface area contributed by atoms with Crippen LogP contribution in [-0.4, -0.2) is 10.8 Å². The molecule has 2 heterocycles. The zero-order valence-electron chi connectivity index (χ0n) is 24.6. The molecule has 0 bridgehead atoms. The molecule has 4 aromatic rings. The summed E-state index contributed by atoms with van der Waals surface area (Å²) in [4.78, 5) is 20.7. The summed E-state index contributed by atoms with van der Waals surface area (Å²) < 4.78 is 0.955. The molecule has 42 heavy (non-hydrogen) atoms. The maximum Gasteiger partial charge on any atom is 0.205 e. The van der Waals surface area contributed by atoms with Crippen LogP contribution in [0.2, 0.25) is 0 Å².